The van der Waals surface area contributed by atoms with Gasteiger partial charge in [-0.25, -0.2) is 0 Å². The summed E-state index contributed by atoms with van der Waals surface area (Å²) in [5.74, 6) is 0. The molecule has 2 heterocycles. The molecule has 0 aliphatic carbocycles. The predicted octanol–water partition coefficient (Wildman–Crippen LogP) is 0.833. The van der Waals surface area contributed by atoms with Crippen LogP contribution in [0.4, 0.5) is 0 Å². The van der Waals surface area contributed by atoms with E-state index in [1.54, 1.807) is 0 Å². The average molecular weight is 154 g/mol. The average Bonchev–Trinajstić information content (AvgIpc) is 2.32. The number of piperazine rings is 1. The van der Waals surface area contributed by atoms with Crippen molar-refractivity contribution in [3.05, 3.63) is 0 Å². The number of fused-ring (bicyclic) bond motifs is 2. The molecular formula is C9H18N2. The molecule has 0 aromatic rings. The first-order valence-electron chi connectivity index (χ1n) is 4.87. The number of hydrogen-bond acceptors (Lipinski definition) is 2. The third kappa shape index (κ3) is 1.57. The normalized spacial score (nSPS) is 37.9. The molecule has 2 bridgehead atoms. The first-order chi connectivity index (χ1) is 5.38. The van der Waals surface area contributed by atoms with Crippen LogP contribution in [0.2, 0.25) is 0 Å². The maximum absolute atomic E-state index is 3.64. The molecule has 0 radical (unpaired) electrons. The van der Waals surface area contributed by atoms with Gasteiger partial charge in [-0.3, -0.25) is 0 Å². The quantitative estimate of drug-likeness (QED) is 0.634. The van der Waals surface area contributed by atoms with Crippen LogP contribution in [0, 0.1) is 0 Å². The molecule has 64 valence electrons. The van der Waals surface area contributed by atoms with Crippen molar-refractivity contribution in [2.24, 2.45) is 0 Å². The summed E-state index contributed by atoms with van der Waals surface area (Å²) in [4.78, 5) is 2.61. The van der Waals surface area contributed by atoms with Crippen molar-refractivity contribution in [3.63, 3.8) is 0 Å². The second kappa shape index (κ2) is 3.11. The second-order valence-electron chi connectivity index (χ2n) is 3.90. The predicted molar refractivity (Wildman–Crippen MR) is 46.7 cm³/mol. The van der Waals surface area contributed by atoms with Crippen molar-refractivity contribution < 1.29 is 0 Å². The molecule has 2 atom stereocenters. The largest absolute Gasteiger partial charge is 0.309 e. The van der Waals surface area contributed by atoms with E-state index < -0.39 is 0 Å². The molecule has 2 saturated heterocycles. The molecular weight excluding hydrogens is 136 g/mol. The lowest BCUT2D eigenvalue weighted by atomic mass is 10.2. The zero-order valence-corrected chi connectivity index (χ0v) is 7.34. The zero-order valence-electron chi connectivity index (χ0n) is 7.34. The molecule has 2 nitrogen and oxygen atoms in total. The smallest absolute Gasteiger partial charge is 0.0198 e. The van der Waals surface area contributed by atoms with Gasteiger partial charge in [-0.05, 0) is 25.8 Å². The fourth-order valence-corrected chi connectivity index (χ4v) is 2.39. The van der Waals surface area contributed by atoms with E-state index in [4.69, 9.17) is 0 Å². The lowest BCUT2D eigenvalue weighted by Crippen LogP contribution is -2.51. The molecule has 2 heteroatoms. The van der Waals surface area contributed by atoms with Crippen LogP contribution < -0.4 is 5.32 Å². The molecule has 1 N–H and O–H groups in total. The highest BCUT2D eigenvalue weighted by Gasteiger charge is 2.31. The lowest BCUT2D eigenvalue weighted by molar-refractivity contribution is 0.196. The van der Waals surface area contributed by atoms with Crippen LogP contribution in [0.15, 0.2) is 0 Å². The van der Waals surface area contributed by atoms with Gasteiger partial charge in [0.1, 0.15) is 0 Å². The summed E-state index contributed by atoms with van der Waals surface area (Å²) in [5.41, 5.74) is 0. The monoisotopic (exact) mass is 154 g/mol. The van der Waals surface area contributed by atoms with E-state index in [2.05, 4.69) is 17.1 Å². The molecule has 2 fully saturated rings. The molecule has 0 aromatic heterocycles. The first-order valence-corrected chi connectivity index (χ1v) is 4.87. The summed E-state index contributed by atoms with van der Waals surface area (Å²) in [5, 5.41) is 3.64. The van der Waals surface area contributed by atoms with E-state index in [0.29, 0.717) is 0 Å². The second-order valence-corrected chi connectivity index (χ2v) is 3.90. The summed E-state index contributed by atoms with van der Waals surface area (Å²) < 4.78 is 0. The Morgan fingerprint density at radius 1 is 1.27 bits per heavy atom. The molecule has 2 aliphatic rings. The molecule has 0 amide bonds. The minimum absolute atomic E-state index is 0.820. The highest BCUT2D eigenvalue weighted by Crippen LogP contribution is 2.19. The van der Waals surface area contributed by atoms with Gasteiger partial charge in [0, 0.05) is 25.2 Å². The number of rotatable bonds is 2. The Kier molecular flexibility index (Phi) is 2.14. The lowest BCUT2D eigenvalue weighted by Gasteiger charge is -2.32. The third-order valence-electron chi connectivity index (χ3n) is 2.83. The Hall–Kier alpha value is -0.0800. The van der Waals surface area contributed by atoms with Crippen molar-refractivity contribution in [1.29, 1.82) is 0 Å². The molecule has 2 aliphatic heterocycles. The standard InChI is InChI=1S/C9H18N2/c1-2-5-11-6-8-3-4-9(7-11)10-8/h8-10H,2-7H2,1H3. The van der Waals surface area contributed by atoms with E-state index in [-0.39, 0.29) is 0 Å². The van der Waals surface area contributed by atoms with Crippen molar-refractivity contribution >= 4 is 0 Å². The molecule has 0 saturated carbocycles. The van der Waals surface area contributed by atoms with Gasteiger partial charge in [-0.1, -0.05) is 6.92 Å². The summed E-state index contributed by atoms with van der Waals surface area (Å²) in [6.45, 7) is 6.16. The van der Waals surface area contributed by atoms with Crippen molar-refractivity contribution in [3.8, 4) is 0 Å². The van der Waals surface area contributed by atoms with Crippen LogP contribution in [0.25, 0.3) is 0 Å². The Bertz CT molecular complexity index is 124. The highest BCUT2D eigenvalue weighted by atomic mass is 15.2. The Morgan fingerprint density at radius 2 is 1.91 bits per heavy atom. The number of nitrogens with zero attached hydrogens (tertiary/aromatic N) is 1. The van der Waals surface area contributed by atoms with Crippen LogP contribution >= 0.6 is 0 Å². The fourth-order valence-electron chi connectivity index (χ4n) is 2.39. The van der Waals surface area contributed by atoms with Gasteiger partial charge >= 0.3 is 0 Å². The Morgan fingerprint density at radius 3 is 2.45 bits per heavy atom. The van der Waals surface area contributed by atoms with Crippen molar-refractivity contribution in [2.75, 3.05) is 19.6 Å². The van der Waals surface area contributed by atoms with Crippen LogP contribution in [0.5, 0.6) is 0 Å². The summed E-state index contributed by atoms with van der Waals surface area (Å²) >= 11 is 0. The van der Waals surface area contributed by atoms with Gasteiger partial charge in [0.05, 0.1) is 0 Å². The van der Waals surface area contributed by atoms with Gasteiger partial charge in [0.2, 0.25) is 0 Å². The van der Waals surface area contributed by atoms with E-state index >= 15 is 0 Å². The van der Waals surface area contributed by atoms with Gasteiger partial charge < -0.3 is 10.2 Å². The number of nitrogens with one attached hydrogen (secondary N) is 1. The Labute approximate surface area is 69.0 Å². The summed E-state index contributed by atoms with van der Waals surface area (Å²) in [6.07, 6.45) is 4.12. The fraction of sp³-hybridized carbons (Fsp3) is 1.00. The van der Waals surface area contributed by atoms with Crippen LogP contribution in [-0.2, 0) is 0 Å². The summed E-state index contributed by atoms with van der Waals surface area (Å²) in [7, 11) is 0. The van der Waals surface area contributed by atoms with E-state index in [1.807, 2.05) is 0 Å². The minimum Gasteiger partial charge on any atom is -0.309 e. The molecule has 2 unspecified atom stereocenters. The van der Waals surface area contributed by atoms with E-state index in [9.17, 15) is 0 Å². The molecule has 0 aromatic carbocycles. The van der Waals surface area contributed by atoms with Crippen molar-refractivity contribution in [2.45, 2.75) is 38.3 Å². The number of likely N-dealkylation sites (tertiary alicyclic amines) is 1. The van der Waals surface area contributed by atoms with Gasteiger partial charge in [-0.15, -0.1) is 0 Å². The van der Waals surface area contributed by atoms with Crippen molar-refractivity contribution in [1.82, 2.24) is 10.2 Å². The maximum Gasteiger partial charge on any atom is 0.0198 e. The van der Waals surface area contributed by atoms with Gasteiger partial charge in [-0.2, -0.15) is 0 Å². The molecule has 11 heavy (non-hydrogen) atoms. The van der Waals surface area contributed by atoms with Gasteiger partial charge in [0.15, 0.2) is 0 Å². The minimum atomic E-state index is 0.820. The van der Waals surface area contributed by atoms with Crippen LogP contribution in [-0.4, -0.2) is 36.6 Å². The Balaban J connectivity index is 1.87. The number of hydrogen-bond donors (Lipinski definition) is 1. The van der Waals surface area contributed by atoms with Gasteiger partial charge in [0.25, 0.3) is 0 Å². The SMILES string of the molecule is CCCN1CC2CCC(C1)N2. The van der Waals surface area contributed by atoms with E-state index in [0.717, 1.165) is 12.1 Å². The van der Waals surface area contributed by atoms with E-state index in [1.165, 1.54) is 38.9 Å². The molecule has 2 rings (SSSR count). The summed E-state index contributed by atoms with van der Waals surface area (Å²) in [6, 6.07) is 1.64. The zero-order chi connectivity index (χ0) is 7.68. The first kappa shape index (κ1) is 7.56. The maximum atomic E-state index is 3.64. The highest BCUT2D eigenvalue weighted by molar-refractivity contribution is 4.92. The molecule has 0 spiro atoms. The van der Waals surface area contributed by atoms with Crippen LogP contribution in [0.3, 0.4) is 0 Å². The van der Waals surface area contributed by atoms with Crippen LogP contribution in [0.1, 0.15) is 26.2 Å². The topological polar surface area (TPSA) is 15.3 Å². The third-order valence-corrected chi connectivity index (χ3v) is 2.83.